The molecule has 0 aliphatic heterocycles. The van der Waals surface area contributed by atoms with Crippen LogP contribution in [0.2, 0.25) is 0 Å². The minimum Gasteiger partial charge on any atom is -0.496 e. The maximum atomic E-state index is 13.6. The van der Waals surface area contributed by atoms with E-state index in [4.69, 9.17) is 4.74 Å². The van der Waals surface area contributed by atoms with Crippen molar-refractivity contribution >= 4 is 5.91 Å². The summed E-state index contributed by atoms with van der Waals surface area (Å²) < 4.78 is 7.44. The zero-order valence-electron chi connectivity index (χ0n) is 25.8. The average Bonchev–Trinajstić information content (AvgIpc) is 3.48. The Hall–Kier alpha value is -3.16. The quantitative estimate of drug-likeness (QED) is 0.306. The maximum absolute atomic E-state index is 13.6. The molecule has 1 heterocycles. The molecule has 0 saturated heterocycles. The van der Waals surface area contributed by atoms with E-state index in [1.165, 1.54) is 6.42 Å². The van der Waals surface area contributed by atoms with Gasteiger partial charge in [0.05, 0.1) is 32.0 Å². The molecule has 5 rings (SSSR count). The van der Waals surface area contributed by atoms with Gasteiger partial charge in [0.15, 0.2) is 0 Å². The Morgan fingerprint density at radius 2 is 1.90 bits per heavy atom. The molecule has 226 valence electrons. The van der Waals surface area contributed by atoms with Crippen molar-refractivity contribution in [3.05, 3.63) is 71.5 Å². The average molecular weight is 573 g/mol. The number of ether oxygens (including phenoxy) is 1. The number of likely N-dealkylation sites (N-methyl/N-ethyl adjacent to an activating group) is 1. The second kappa shape index (κ2) is 13.9. The molecule has 4 atom stereocenters. The van der Waals surface area contributed by atoms with Gasteiger partial charge in [-0.05, 0) is 93.4 Å². The first kappa shape index (κ1) is 30.3. The Labute approximate surface area is 251 Å². The van der Waals surface area contributed by atoms with E-state index in [2.05, 4.69) is 78.9 Å². The highest BCUT2D eigenvalue weighted by molar-refractivity contribution is 5.79. The summed E-state index contributed by atoms with van der Waals surface area (Å²) in [4.78, 5) is 15.7. The fraction of sp³-hybridized carbons (Fsp3) is 0.543. The Bertz CT molecular complexity index is 1330. The number of nitrogens with one attached hydrogen (secondary N) is 1. The van der Waals surface area contributed by atoms with Crippen molar-refractivity contribution in [2.75, 3.05) is 27.7 Å². The van der Waals surface area contributed by atoms with Gasteiger partial charge in [0.1, 0.15) is 5.75 Å². The van der Waals surface area contributed by atoms with Crippen molar-refractivity contribution in [2.24, 2.45) is 11.8 Å². The molecule has 7 nitrogen and oxygen atoms in total. The van der Waals surface area contributed by atoms with Gasteiger partial charge in [-0.15, -0.1) is 0 Å². The number of rotatable bonds is 10. The molecule has 2 fully saturated rings. The standard InChI is InChI=1S/C35H48N4O3/c1-24-19-27(14-16-33(24)42-4)31-15-13-29(21-32(31)40)34(37-35(41)25-9-6-5-7-10-25)28-12-8-11-26(20-28)30-22-36-39(23-30)18-17-38(2)3/h8,11-12,14,16,19-20,22-23,25,29,31-32,34,40H,5-7,9-10,13,15,17-18,21H2,1-4H3,(H,37,41). The molecule has 2 aliphatic rings. The molecule has 2 aromatic carbocycles. The predicted octanol–water partition coefficient (Wildman–Crippen LogP) is 6.11. The Kier molecular flexibility index (Phi) is 10.0. The van der Waals surface area contributed by atoms with Crippen LogP contribution in [-0.4, -0.2) is 59.5 Å². The normalized spacial score (nSPS) is 22.2. The summed E-state index contributed by atoms with van der Waals surface area (Å²) in [5, 5.41) is 19.5. The van der Waals surface area contributed by atoms with Crippen LogP contribution in [0.15, 0.2) is 54.9 Å². The number of methoxy groups -OCH3 is 1. The van der Waals surface area contributed by atoms with Crippen LogP contribution in [0.25, 0.3) is 11.1 Å². The van der Waals surface area contributed by atoms with Crippen LogP contribution in [-0.2, 0) is 11.3 Å². The van der Waals surface area contributed by atoms with Gasteiger partial charge in [-0.2, -0.15) is 5.10 Å². The monoisotopic (exact) mass is 572 g/mol. The summed E-state index contributed by atoms with van der Waals surface area (Å²) in [7, 11) is 5.83. The SMILES string of the molecule is COc1ccc(C2CCC(C(NC(=O)C3CCCCC3)c3cccc(-c4cnn(CCN(C)C)c4)c3)CC2O)cc1C. The molecule has 42 heavy (non-hydrogen) atoms. The van der Waals surface area contributed by atoms with Gasteiger partial charge in [0.2, 0.25) is 5.91 Å². The lowest BCUT2D eigenvalue weighted by Crippen LogP contribution is -2.41. The van der Waals surface area contributed by atoms with E-state index in [1.807, 2.05) is 16.9 Å². The lowest BCUT2D eigenvalue weighted by Gasteiger charge is -2.38. The zero-order valence-corrected chi connectivity index (χ0v) is 25.8. The van der Waals surface area contributed by atoms with Crippen molar-refractivity contribution < 1.29 is 14.6 Å². The number of nitrogens with zero attached hydrogens (tertiary/aromatic N) is 3. The van der Waals surface area contributed by atoms with Crippen LogP contribution in [0.1, 0.15) is 80.0 Å². The largest absolute Gasteiger partial charge is 0.496 e. The number of hydrogen-bond acceptors (Lipinski definition) is 5. The molecule has 2 saturated carbocycles. The van der Waals surface area contributed by atoms with Crippen LogP contribution >= 0.6 is 0 Å². The first-order valence-corrected chi connectivity index (χ1v) is 15.7. The summed E-state index contributed by atoms with van der Waals surface area (Å²) in [6.07, 6.45) is 11.4. The minimum atomic E-state index is -0.469. The van der Waals surface area contributed by atoms with Crippen molar-refractivity contribution in [1.82, 2.24) is 20.0 Å². The molecular weight excluding hydrogens is 524 g/mol. The summed E-state index contributed by atoms with van der Waals surface area (Å²) in [6, 6.07) is 14.7. The summed E-state index contributed by atoms with van der Waals surface area (Å²) in [6.45, 7) is 3.81. The second-order valence-electron chi connectivity index (χ2n) is 12.7. The number of benzene rings is 2. The summed E-state index contributed by atoms with van der Waals surface area (Å²) in [5.74, 6) is 1.36. The molecule has 2 aliphatic carbocycles. The van der Waals surface area contributed by atoms with Crippen molar-refractivity contribution in [1.29, 1.82) is 0 Å². The van der Waals surface area contributed by atoms with Crippen molar-refractivity contribution in [2.45, 2.75) is 82.9 Å². The highest BCUT2D eigenvalue weighted by atomic mass is 16.5. The molecular formula is C35H48N4O3. The van der Waals surface area contributed by atoms with Gasteiger partial charge < -0.3 is 20.1 Å². The highest BCUT2D eigenvalue weighted by Crippen LogP contribution is 2.43. The van der Waals surface area contributed by atoms with Crippen LogP contribution in [0.4, 0.5) is 0 Å². The van der Waals surface area contributed by atoms with Gasteiger partial charge in [-0.25, -0.2) is 0 Å². The topological polar surface area (TPSA) is 79.6 Å². The fourth-order valence-electron chi connectivity index (χ4n) is 6.96. The van der Waals surface area contributed by atoms with Crippen LogP contribution in [0, 0.1) is 18.8 Å². The Balaban J connectivity index is 1.37. The molecule has 2 N–H and O–H groups in total. The van der Waals surface area contributed by atoms with E-state index >= 15 is 0 Å². The van der Waals surface area contributed by atoms with Crippen molar-refractivity contribution in [3.8, 4) is 16.9 Å². The second-order valence-corrected chi connectivity index (χ2v) is 12.7. The van der Waals surface area contributed by atoms with Crippen LogP contribution in [0.3, 0.4) is 0 Å². The number of hydrogen-bond donors (Lipinski definition) is 2. The number of aromatic nitrogens is 2. The molecule has 3 aromatic rings. The third-order valence-electron chi connectivity index (χ3n) is 9.44. The van der Waals surface area contributed by atoms with E-state index < -0.39 is 6.10 Å². The number of aryl methyl sites for hydroxylation is 1. The van der Waals surface area contributed by atoms with E-state index in [0.29, 0.717) is 6.42 Å². The molecule has 1 amide bonds. The lowest BCUT2D eigenvalue weighted by molar-refractivity contribution is -0.127. The Morgan fingerprint density at radius 1 is 1.10 bits per heavy atom. The van der Waals surface area contributed by atoms with E-state index in [9.17, 15) is 9.90 Å². The first-order chi connectivity index (χ1) is 20.3. The number of carbonyl (C=O) groups is 1. The molecule has 1 aromatic heterocycles. The predicted molar refractivity (Wildman–Crippen MR) is 167 cm³/mol. The third kappa shape index (κ3) is 7.24. The Morgan fingerprint density at radius 3 is 2.62 bits per heavy atom. The summed E-state index contributed by atoms with van der Waals surface area (Å²) >= 11 is 0. The fourth-order valence-corrected chi connectivity index (χ4v) is 6.96. The van der Waals surface area contributed by atoms with Gasteiger partial charge in [-0.3, -0.25) is 9.48 Å². The molecule has 0 radical (unpaired) electrons. The number of amides is 1. The molecule has 0 spiro atoms. The summed E-state index contributed by atoms with van der Waals surface area (Å²) in [5.41, 5.74) is 5.53. The van der Waals surface area contributed by atoms with Gasteiger partial charge in [0.25, 0.3) is 0 Å². The maximum Gasteiger partial charge on any atom is 0.223 e. The highest BCUT2D eigenvalue weighted by Gasteiger charge is 2.36. The van der Waals surface area contributed by atoms with Crippen LogP contribution < -0.4 is 10.1 Å². The molecule has 4 unspecified atom stereocenters. The third-order valence-corrected chi connectivity index (χ3v) is 9.44. The first-order valence-electron chi connectivity index (χ1n) is 15.7. The lowest BCUT2D eigenvalue weighted by atomic mass is 9.72. The van der Waals surface area contributed by atoms with Crippen molar-refractivity contribution in [3.63, 3.8) is 0 Å². The molecule has 7 heteroatoms. The minimum absolute atomic E-state index is 0.0832. The zero-order chi connectivity index (χ0) is 29.6. The molecule has 0 bridgehead atoms. The van der Waals surface area contributed by atoms with E-state index in [0.717, 1.165) is 85.2 Å². The van der Waals surface area contributed by atoms with E-state index in [1.54, 1.807) is 7.11 Å². The smallest absolute Gasteiger partial charge is 0.223 e. The van der Waals surface area contributed by atoms with Gasteiger partial charge >= 0.3 is 0 Å². The number of aliphatic hydroxyl groups is 1. The van der Waals surface area contributed by atoms with Gasteiger partial charge in [0, 0.05) is 30.1 Å². The number of aliphatic hydroxyl groups excluding tert-OH is 1. The van der Waals surface area contributed by atoms with E-state index in [-0.39, 0.29) is 29.7 Å². The van der Waals surface area contributed by atoms with Crippen LogP contribution in [0.5, 0.6) is 5.75 Å². The number of carbonyl (C=O) groups excluding carboxylic acids is 1. The van der Waals surface area contributed by atoms with Gasteiger partial charge in [-0.1, -0.05) is 49.6 Å².